The molecule has 1 aliphatic heterocycles. The maximum absolute atomic E-state index is 13.0. The van der Waals surface area contributed by atoms with E-state index < -0.39 is 5.25 Å². The van der Waals surface area contributed by atoms with Crippen molar-refractivity contribution in [3.05, 3.63) is 60.0 Å². The third-order valence-corrected chi connectivity index (χ3v) is 5.11. The number of halogens is 1. The number of oxazole rings is 1. The molecule has 0 saturated carbocycles. The van der Waals surface area contributed by atoms with Crippen molar-refractivity contribution >= 4 is 29.1 Å². The third-order valence-electron chi connectivity index (χ3n) is 4.16. The fourth-order valence-electron chi connectivity index (χ4n) is 2.74. The number of fused-ring (bicyclic) bond motifs is 1. The molecule has 2 aromatic carbocycles. The first kappa shape index (κ1) is 18.2. The molecule has 1 aliphatic rings. The van der Waals surface area contributed by atoms with Crippen molar-refractivity contribution in [3.63, 3.8) is 0 Å². The number of rotatable bonds is 5. The second kappa shape index (κ2) is 7.47. The number of nitrogens with zero attached hydrogens (tertiary/aromatic N) is 1. The summed E-state index contributed by atoms with van der Waals surface area (Å²) in [5.41, 5.74) is 1.63. The Morgan fingerprint density at radius 2 is 2.04 bits per heavy atom. The molecular weight excluding hydrogens is 383 g/mol. The summed E-state index contributed by atoms with van der Waals surface area (Å²) >= 11 is 1.18. The van der Waals surface area contributed by atoms with Gasteiger partial charge in [-0.05, 0) is 49.4 Å². The molecule has 6 nitrogen and oxygen atoms in total. The first-order valence-electron chi connectivity index (χ1n) is 8.49. The van der Waals surface area contributed by atoms with Gasteiger partial charge in [0, 0.05) is 11.1 Å². The highest BCUT2D eigenvalue weighted by molar-refractivity contribution is 8.00. The number of ether oxygens (including phenoxy) is 1. The molecular formula is C20H15FN2O4S. The van der Waals surface area contributed by atoms with E-state index in [-0.39, 0.29) is 24.1 Å². The predicted octanol–water partition coefficient (Wildman–Crippen LogP) is 4.18. The highest BCUT2D eigenvalue weighted by atomic mass is 32.2. The third kappa shape index (κ3) is 3.77. The number of ketones is 1. The van der Waals surface area contributed by atoms with Crippen LogP contribution in [0.4, 0.5) is 10.1 Å². The number of benzene rings is 2. The van der Waals surface area contributed by atoms with Gasteiger partial charge in [-0.3, -0.25) is 9.59 Å². The molecule has 3 aromatic rings. The van der Waals surface area contributed by atoms with E-state index in [1.54, 1.807) is 43.5 Å². The van der Waals surface area contributed by atoms with Gasteiger partial charge in [-0.1, -0.05) is 11.8 Å². The van der Waals surface area contributed by atoms with E-state index in [1.165, 1.54) is 23.9 Å². The molecule has 8 heteroatoms. The van der Waals surface area contributed by atoms with Gasteiger partial charge in [0.15, 0.2) is 18.2 Å². The fraction of sp³-hybridized carbons (Fsp3) is 0.150. The number of hydrogen-bond donors (Lipinski definition) is 1. The highest BCUT2D eigenvalue weighted by Crippen LogP contribution is 2.32. The number of hydrogen-bond acceptors (Lipinski definition) is 6. The molecule has 1 N–H and O–H groups in total. The monoisotopic (exact) mass is 398 g/mol. The van der Waals surface area contributed by atoms with Crippen LogP contribution in [0.3, 0.4) is 0 Å². The van der Waals surface area contributed by atoms with Crippen LogP contribution in [-0.2, 0) is 4.79 Å². The second-order valence-corrected chi connectivity index (χ2v) is 7.46. The lowest BCUT2D eigenvalue weighted by Crippen LogP contribution is -2.25. The minimum atomic E-state index is -0.460. The summed E-state index contributed by atoms with van der Waals surface area (Å²) in [6, 6.07) is 10.8. The van der Waals surface area contributed by atoms with Crippen molar-refractivity contribution in [3.8, 4) is 17.1 Å². The normalized spacial score (nSPS) is 14.0. The molecule has 1 aromatic heterocycles. The standard InChI is InChI=1S/C20H15FN2O4S/c1-11(19(25)13-4-7-16-15(8-13)23-18(24)10-26-16)28-20-22-9-17(27-20)12-2-5-14(21)6-3-12/h2-9,11H,10H2,1H3,(H,23,24)/t11-/m1/s1. The molecule has 142 valence electrons. The summed E-state index contributed by atoms with van der Waals surface area (Å²) in [4.78, 5) is 28.4. The number of Topliss-reactive ketones (excluding diaryl/α,β-unsaturated/α-hetero) is 1. The van der Waals surface area contributed by atoms with Crippen LogP contribution in [0, 0.1) is 5.82 Å². The van der Waals surface area contributed by atoms with Gasteiger partial charge in [0.2, 0.25) is 0 Å². The van der Waals surface area contributed by atoms with E-state index in [2.05, 4.69) is 10.3 Å². The van der Waals surface area contributed by atoms with Crippen molar-refractivity contribution in [2.45, 2.75) is 17.4 Å². The predicted molar refractivity (Wildman–Crippen MR) is 102 cm³/mol. The van der Waals surface area contributed by atoms with Gasteiger partial charge in [0.1, 0.15) is 11.6 Å². The average molecular weight is 398 g/mol. The zero-order chi connectivity index (χ0) is 19.7. The number of carbonyl (C=O) groups is 2. The van der Waals surface area contributed by atoms with E-state index in [4.69, 9.17) is 9.15 Å². The van der Waals surface area contributed by atoms with Crippen LogP contribution in [0.2, 0.25) is 0 Å². The van der Waals surface area contributed by atoms with Crippen LogP contribution in [-0.4, -0.2) is 28.5 Å². The van der Waals surface area contributed by atoms with Gasteiger partial charge < -0.3 is 14.5 Å². The Bertz CT molecular complexity index is 1050. The quantitative estimate of drug-likeness (QED) is 0.513. The lowest BCUT2D eigenvalue weighted by atomic mass is 10.1. The van der Waals surface area contributed by atoms with E-state index in [0.29, 0.717) is 33.5 Å². The van der Waals surface area contributed by atoms with Crippen LogP contribution in [0.5, 0.6) is 5.75 Å². The molecule has 0 radical (unpaired) electrons. The molecule has 0 aliphatic carbocycles. The minimum absolute atomic E-state index is 0.0346. The summed E-state index contributed by atoms with van der Waals surface area (Å²) in [5, 5.41) is 2.57. The number of anilines is 1. The van der Waals surface area contributed by atoms with Gasteiger partial charge in [-0.2, -0.15) is 0 Å². The number of thioether (sulfide) groups is 1. The largest absolute Gasteiger partial charge is 0.482 e. The van der Waals surface area contributed by atoms with E-state index in [9.17, 15) is 14.0 Å². The van der Waals surface area contributed by atoms with Gasteiger partial charge in [-0.15, -0.1) is 0 Å². The van der Waals surface area contributed by atoms with Gasteiger partial charge in [0.25, 0.3) is 11.1 Å². The molecule has 0 unspecified atom stereocenters. The van der Waals surface area contributed by atoms with Gasteiger partial charge >= 0.3 is 0 Å². The smallest absolute Gasteiger partial charge is 0.262 e. The number of carbonyl (C=O) groups excluding carboxylic acids is 2. The molecule has 1 amide bonds. The Kier molecular flexibility index (Phi) is 4.87. The zero-order valence-electron chi connectivity index (χ0n) is 14.8. The van der Waals surface area contributed by atoms with Crippen LogP contribution >= 0.6 is 11.8 Å². The molecule has 0 saturated heterocycles. The summed E-state index contributed by atoms with van der Waals surface area (Å²) in [6.45, 7) is 1.72. The fourth-order valence-corrected chi connectivity index (χ4v) is 3.53. The Hall–Kier alpha value is -3.13. The minimum Gasteiger partial charge on any atom is -0.482 e. The van der Waals surface area contributed by atoms with E-state index in [0.717, 1.165) is 0 Å². The molecule has 1 atom stereocenters. The Morgan fingerprint density at radius 1 is 1.25 bits per heavy atom. The first-order valence-corrected chi connectivity index (χ1v) is 9.37. The Morgan fingerprint density at radius 3 is 2.82 bits per heavy atom. The summed E-state index contributed by atoms with van der Waals surface area (Å²) < 4.78 is 24.0. The maximum atomic E-state index is 13.0. The molecule has 0 fully saturated rings. The number of amides is 1. The number of aromatic nitrogens is 1. The summed E-state index contributed by atoms with van der Waals surface area (Å²) in [7, 11) is 0. The topological polar surface area (TPSA) is 81.4 Å². The molecule has 28 heavy (non-hydrogen) atoms. The zero-order valence-corrected chi connectivity index (χ0v) is 15.6. The Labute approximate surface area is 164 Å². The van der Waals surface area contributed by atoms with E-state index in [1.807, 2.05) is 0 Å². The van der Waals surface area contributed by atoms with E-state index >= 15 is 0 Å². The molecule has 2 heterocycles. The van der Waals surface area contributed by atoms with Crippen LogP contribution in [0.25, 0.3) is 11.3 Å². The van der Waals surface area contributed by atoms with Gasteiger partial charge in [-0.25, -0.2) is 9.37 Å². The van der Waals surface area contributed by atoms with Crippen molar-refractivity contribution < 1.29 is 23.1 Å². The lowest BCUT2D eigenvalue weighted by Gasteiger charge is -2.18. The summed E-state index contributed by atoms with van der Waals surface area (Å²) in [5.74, 6) is 0.314. The summed E-state index contributed by atoms with van der Waals surface area (Å²) in [6.07, 6.45) is 1.54. The van der Waals surface area contributed by atoms with Crippen molar-refractivity contribution in [2.24, 2.45) is 0 Å². The van der Waals surface area contributed by atoms with Crippen molar-refractivity contribution in [2.75, 3.05) is 11.9 Å². The molecule has 0 spiro atoms. The first-order chi connectivity index (χ1) is 13.5. The molecule has 0 bridgehead atoms. The van der Waals surface area contributed by atoms with Crippen LogP contribution in [0.1, 0.15) is 17.3 Å². The van der Waals surface area contributed by atoms with Crippen LogP contribution in [0.15, 0.2) is 58.3 Å². The van der Waals surface area contributed by atoms with Crippen molar-refractivity contribution in [1.29, 1.82) is 0 Å². The second-order valence-electron chi connectivity index (χ2n) is 6.17. The lowest BCUT2D eigenvalue weighted by molar-refractivity contribution is -0.118. The maximum Gasteiger partial charge on any atom is 0.262 e. The molecule has 4 rings (SSSR count). The number of nitrogens with one attached hydrogen (secondary N) is 1. The SMILES string of the molecule is C[C@@H](Sc1ncc(-c2ccc(F)cc2)o1)C(=O)c1ccc2c(c1)NC(=O)CO2. The van der Waals surface area contributed by atoms with Crippen LogP contribution < -0.4 is 10.1 Å². The average Bonchev–Trinajstić information content (AvgIpc) is 3.15. The van der Waals surface area contributed by atoms with Crippen molar-refractivity contribution in [1.82, 2.24) is 4.98 Å². The highest BCUT2D eigenvalue weighted by Gasteiger charge is 2.22. The Balaban J connectivity index is 1.47. The van der Waals surface area contributed by atoms with Gasteiger partial charge in [0.05, 0.1) is 17.1 Å².